The van der Waals surface area contributed by atoms with Crippen LogP contribution in [0.25, 0.3) is 0 Å². The first kappa shape index (κ1) is 24.4. The average molecular weight is 373 g/mol. The third-order valence-corrected chi connectivity index (χ3v) is 2.96. The number of ether oxygens (including phenoxy) is 5. The Bertz CT molecular complexity index is 417. The molecule has 1 heterocycles. The van der Waals surface area contributed by atoms with Crippen LogP contribution in [0.5, 0.6) is 0 Å². The van der Waals surface area contributed by atoms with Gasteiger partial charge in [0, 0.05) is 38.7 Å². The van der Waals surface area contributed by atoms with Gasteiger partial charge in [0.05, 0.1) is 46.2 Å². The Balaban J connectivity index is 0.000000531. The van der Waals surface area contributed by atoms with Crippen LogP contribution in [0.4, 0.5) is 0 Å². The van der Waals surface area contributed by atoms with E-state index in [0.29, 0.717) is 39.6 Å². The van der Waals surface area contributed by atoms with E-state index in [-0.39, 0.29) is 13.0 Å². The van der Waals surface area contributed by atoms with Crippen LogP contribution in [0, 0.1) is 0 Å². The maximum atomic E-state index is 10.0. The summed E-state index contributed by atoms with van der Waals surface area (Å²) < 4.78 is 27.1. The van der Waals surface area contributed by atoms with Crippen LogP contribution in [0.15, 0.2) is 30.6 Å². The van der Waals surface area contributed by atoms with Gasteiger partial charge in [-0.15, -0.1) is 0 Å². The summed E-state index contributed by atoms with van der Waals surface area (Å²) in [5, 5.41) is 10.0. The molecule has 0 aliphatic carbocycles. The Morgan fingerprint density at radius 1 is 0.769 bits per heavy atom. The van der Waals surface area contributed by atoms with Crippen molar-refractivity contribution in [1.29, 1.82) is 0 Å². The van der Waals surface area contributed by atoms with Crippen molar-refractivity contribution >= 4 is 5.97 Å². The summed E-state index contributed by atoms with van der Waals surface area (Å²) in [6, 6.07) is 6.02. The van der Waals surface area contributed by atoms with Gasteiger partial charge < -0.3 is 33.6 Å². The van der Waals surface area contributed by atoms with E-state index in [1.807, 2.05) is 30.6 Å². The Morgan fingerprint density at radius 2 is 1.27 bits per heavy atom. The molecule has 0 radical (unpaired) electrons. The molecule has 1 aromatic rings. The fraction of sp³-hybridized carbons (Fsp3) is 0.667. The van der Waals surface area contributed by atoms with Gasteiger partial charge in [0.15, 0.2) is 18.9 Å². The van der Waals surface area contributed by atoms with E-state index in [1.165, 1.54) is 0 Å². The Labute approximate surface area is 155 Å². The predicted molar refractivity (Wildman–Crippen MR) is 92.5 cm³/mol. The summed E-state index contributed by atoms with van der Waals surface area (Å²) in [5.41, 5.74) is 0. The number of methoxy groups -OCH3 is 2. The van der Waals surface area contributed by atoms with Gasteiger partial charge in [-0.3, -0.25) is 0 Å². The van der Waals surface area contributed by atoms with Crippen LogP contribution in [-0.2, 0) is 35.0 Å². The van der Waals surface area contributed by atoms with E-state index in [4.69, 9.17) is 23.7 Å². The third kappa shape index (κ3) is 18.8. The molecule has 8 nitrogen and oxygen atoms in total. The average Bonchev–Trinajstić information content (AvgIpc) is 2.65. The molecule has 0 aliphatic rings. The monoisotopic (exact) mass is 373 g/mol. The Kier molecular flexibility index (Phi) is 18.5. The number of aromatic nitrogens is 1. The summed E-state index contributed by atoms with van der Waals surface area (Å²) in [6.07, 6.45) is 3.97. The fourth-order valence-corrected chi connectivity index (χ4v) is 1.62. The van der Waals surface area contributed by atoms with Gasteiger partial charge in [0.2, 0.25) is 0 Å². The number of aliphatic carboxylic acids is 1. The van der Waals surface area contributed by atoms with Crippen molar-refractivity contribution in [1.82, 2.24) is 0 Å². The molecule has 8 heteroatoms. The van der Waals surface area contributed by atoms with E-state index < -0.39 is 5.97 Å². The maximum absolute atomic E-state index is 10.0. The second kappa shape index (κ2) is 19.7. The minimum atomic E-state index is -1.10. The topological polar surface area (TPSA) is 90.2 Å². The van der Waals surface area contributed by atoms with Crippen LogP contribution < -0.4 is 9.67 Å². The zero-order valence-corrected chi connectivity index (χ0v) is 15.8. The largest absolute Gasteiger partial charge is 0.550 e. The first-order chi connectivity index (χ1) is 12.7. The van der Waals surface area contributed by atoms with Gasteiger partial charge in [-0.25, -0.2) is 4.57 Å². The number of nitrogens with zero attached hydrogens (tertiary/aromatic N) is 1. The number of pyridine rings is 1. The molecule has 0 amide bonds. The Morgan fingerprint density at radius 3 is 1.77 bits per heavy atom. The van der Waals surface area contributed by atoms with Crippen LogP contribution in [-0.4, -0.2) is 73.0 Å². The fourth-order valence-electron chi connectivity index (χ4n) is 1.62. The van der Waals surface area contributed by atoms with E-state index in [1.54, 1.807) is 14.2 Å². The molecule has 0 N–H and O–H groups in total. The van der Waals surface area contributed by atoms with Gasteiger partial charge in [0.25, 0.3) is 0 Å². The number of rotatable bonds is 15. The summed E-state index contributed by atoms with van der Waals surface area (Å²) in [5.74, 6) is -1.10. The van der Waals surface area contributed by atoms with Crippen molar-refractivity contribution in [2.75, 3.05) is 67.1 Å². The lowest BCUT2D eigenvalue weighted by Gasteiger charge is -2.06. The van der Waals surface area contributed by atoms with Gasteiger partial charge in [-0.2, -0.15) is 0 Å². The van der Waals surface area contributed by atoms with Crippen LogP contribution in [0.1, 0.15) is 6.42 Å². The molecule has 0 unspecified atom stereocenters. The van der Waals surface area contributed by atoms with Crippen molar-refractivity contribution in [2.24, 2.45) is 0 Å². The normalized spacial score (nSPS) is 10.2. The number of hydrogen-bond acceptors (Lipinski definition) is 7. The molecule has 0 aliphatic heterocycles. The Hall–Kier alpha value is -1.58. The third-order valence-electron chi connectivity index (χ3n) is 2.96. The standard InChI is InChI=1S/C10H20O6.C8H12NO/c1-13-4-5-15-8-9-16-7-6-14-3-2-10(11)12;1-10-8-7-9-5-3-2-4-6-9/h2-9H2,1H3,(H,11,12);2-6H,7-8H2,1H3/q;+1/p-1. The minimum Gasteiger partial charge on any atom is -0.550 e. The lowest BCUT2D eigenvalue weighted by Crippen LogP contribution is -2.34. The molecule has 1 rings (SSSR count). The van der Waals surface area contributed by atoms with Gasteiger partial charge in [-0.1, -0.05) is 6.07 Å². The summed E-state index contributed by atoms with van der Waals surface area (Å²) in [6.45, 7) is 4.82. The molecule has 0 spiro atoms. The molecule has 0 saturated carbocycles. The van der Waals surface area contributed by atoms with Crippen LogP contribution in [0.2, 0.25) is 0 Å². The van der Waals surface area contributed by atoms with Crippen molar-refractivity contribution in [3.05, 3.63) is 30.6 Å². The van der Waals surface area contributed by atoms with Gasteiger partial charge in [-0.05, 0) is 0 Å². The molecule has 0 aromatic carbocycles. The zero-order valence-electron chi connectivity index (χ0n) is 15.8. The van der Waals surface area contributed by atoms with E-state index in [9.17, 15) is 9.90 Å². The smallest absolute Gasteiger partial charge is 0.171 e. The van der Waals surface area contributed by atoms with Crippen LogP contribution in [0.3, 0.4) is 0 Å². The van der Waals surface area contributed by atoms with E-state index in [0.717, 1.165) is 13.2 Å². The summed E-state index contributed by atoms with van der Waals surface area (Å²) >= 11 is 0. The molecule has 1 aromatic heterocycles. The van der Waals surface area contributed by atoms with Crippen molar-refractivity contribution in [3.8, 4) is 0 Å². The van der Waals surface area contributed by atoms with E-state index in [2.05, 4.69) is 4.57 Å². The second-order valence-corrected chi connectivity index (χ2v) is 5.06. The highest BCUT2D eigenvalue weighted by molar-refractivity contribution is 5.64. The van der Waals surface area contributed by atoms with Crippen molar-refractivity contribution in [3.63, 3.8) is 0 Å². The molecule has 150 valence electrons. The molecular weight excluding hydrogens is 342 g/mol. The molecule has 0 saturated heterocycles. The number of carbonyl (C=O) groups is 1. The van der Waals surface area contributed by atoms with E-state index >= 15 is 0 Å². The molecular formula is C18H31NO7. The first-order valence-electron chi connectivity index (χ1n) is 8.55. The maximum Gasteiger partial charge on any atom is 0.171 e. The SMILES string of the molecule is COCCOCCOCCOCCC(=O)[O-].COCC[n+]1ccccc1. The highest BCUT2D eigenvalue weighted by Gasteiger charge is 1.94. The van der Waals surface area contributed by atoms with Crippen molar-refractivity contribution < 1.29 is 38.2 Å². The quantitative estimate of drug-likeness (QED) is 0.301. The summed E-state index contributed by atoms with van der Waals surface area (Å²) in [7, 11) is 3.33. The molecule has 26 heavy (non-hydrogen) atoms. The minimum absolute atomic E-state index is 0.0832. The lowest BCUT2D eigenvalue weighted by molar-refractivity contribution is -0.698. The number of carbonyl (C=O) groups excluding carboxylic acids is 1. The molecule has 0 atom stereocenters. The second-order valence-electron chi connectivity index (χ2n) is 5.06. The summed E-state index contributed by atoms with van der Waals surface area (Å²) in [4.78, 5) is 10.0. The highest BCUT2D eigenvalue weighted by atomic mass is 16.6. The number of carboxylic acid groups (broad SMARTS) is 1. The van der Waals surface area contributed by atoms with Crippen LogP contribution >= 0.6 is 0 Å². The van der Waals surface area contributed by atoms with Crippen molar-refractivity contribution in [2.45, 2.75) is 13.0 Å². The van der Waals surface area contributed by atoms with Gasteiger partial charge in [0.1, 0.15) is 6.61 Å². The predicted octanol–water partition coefficient (Wildman–Crippen LogP) is -0.557. The zero-order chi connectivity index (χ0) is 19.3. The highest BCUT2D eigenvalue weighted by Crippen LogP contribution is 1.84. The van der Waals surface area contributed by atoms with Gasteiger partial charge >= 0.3 is 0 Å². The lowest BCUT2D eigenvalue weighted by atomic mass is 10.5. The number of carboxylic acids is 1. The molecule has 0 bridgehead atoms. The number of hydrogen-bond donors (Lipinski definition) is 0. The first-order valence-corrected chi connectivity index (χ1v) is 8.55. The molecule has 0 fully saturated rings.